The van der Waals surface area contributed by atoms with Crippen molar-refractivity contribution < 1.29 is 0 Å². The minimum atomic E-state index is 0.803. The summed E-state index contributed by atoms with van der Waals surface area (Å²) in [5.74, 6) is 0.940. The third kappa shape index (κ3) is 4.43. The highest BCUT2D eigenvalue weighted by Crippen LogP contribution is 2.44. The number of benzene rings is 7. The van der Waals surface area contributed by atoms with Crippen molar-refractivity contribution in [3.8, 4) is 39.3 Å². The van der Waals surface area contributed by atoms with Crippen LogP contribution in [0.4, 0.5) is 0 Å². The van der Waals surface area contributed by atoms with Gasteiger partial charge in [0.15, 0.2) is 0 Å². The number of hydrogen-bond donors (Lipinski definition) is 0. The summed E-state index contributed by atoms with van der Waals surface area (Å²) in [6.45, 7) is 0.803. The van der Waals surface area contributed by atoms with Crippen LogP contribution in [0.25, 0.3) is 82.5 Å². The van der Waals surface area contributed by atoms with Gasteiger partial charge in [-0.05, 0) is 78.8 Å². The van der Waals surface area contributed by atoms with E-state index in [1.54, 1.807) is 0 Å². The maximum absolute atomic E-state index is 5.23. The van der Waals surface area contributed by atoms with Crippen molar-refractivity contribution >= 4 is 49.4 Å². The zero-order valence-corrected chi connectivity index (χ0v) is 26.8. The molecule has 0 atom stereocenters. The van der Waals surface area contributed by atoms with Gasteiger partial charge in [-0.25, -0.2) is 4.98 Å². The van der Waals surface area contributed by atoms with E-state index in [1.807, 2.05) is 6.21 Å². The number of hydrogen-bond acceptors (Lipinski definition) is 2. The second-order valence-corrected chi connectivity index (χ2v) is 12.9. The molecule has 49 heavy (non-hydrogen) atoms. The zero-order valence-electron chi connectivity index (χ0n) is 26.8. The highest BCUT2D eigenvalue weighted by Gasteiger charge is 2.20. The van der Waals surface area contributed by atoms with Crippen LogP contribution in [0.3, 0.4) is 0 Å². The van der Waals surface area contributed by atoms with Gasteiger partial charge in [0.05, 0.1) is 11.2 Å². The Bertz CT molecular complexity index is 2710. The molecule has 0 saturated heterocycles. The molecule has 9 aromatic rings. The van der Waals surface area contributed by atoms with Gasteiger partial charge in [0.1, 0.15) is 5.82 Å². The molecule has 7 aromatic carbocycles. The standard InChI is InChI=1S/C46H31N3/c1-2-11-33-28-34(25-20-30(33)10-1)46-38-15-5-3-13-36(38)45(37-14-4-6-16-39(37)46)32-23-21-31(22-24-32)41-17-9-19-44(48-41)49-42-18-8-7-12-35(42)40-29-47-27-26-43(40)49/h1-25,28-29H,26-27H2. The summed E-state index contributed by atoms with van der Waals surface area (Å²) in [6.07, 6.45) is 2.94. The Morgan fingerprint density at radius 1 is 0.469 bits per heavy atom. The quantitative estimate of drug-likeness (QED) is 0.179. The van der Waals surface area contributed by atoms with Gasteiger partial charge in [0.25, 0.3) is 0 Å². The van der Waals surface area contributed by atoms with E-state index in [0.717, 1.165) is 30.0 Å². The molecule has 0 radical (unpaired) electrons. The molecular formula is C46H31N3. The lowest BCUT2D eigenvalue weighted by Gasteiger charge is -2.18. The molecule has 3 heteroatoms. The maximum Gasteiger partial charge on any atom is 0.138 e. The average molecular weight is 626 g/mol. The third-order valence-corrected chi connectivity index (χ3v) is 10.1. The molecule has 230 valence electrons. The highest BCUT2D eigenvalue weighted by atomic mass is 15.1. The Hall–Kier alpha value is -6.32. The van der Waals surface area contributed by atoms with E-state index in [0.29, 0.717) is 0 Å². The van der Waals surface area contributed by atoms with Crippen molar-refractivity contribution in [1.29, 1.82) is 0 Å². The molecule has 10 rings (SSSR count). The molecule has 2 aromatic heterocycles. The second kappa shape index (κ2) is 11.1. The van der Waals surface area contributed by atoms with Crippen molar-refractivity contribution in [3.63, 3.8) is 0 Å². The van der Waals surface area contributed by atoms with E-state index in [1.165, 1.54) is 76.7 Å². The maximum atomic E-state index is 5.23. The first-order chi connectivity index (χ1) is 24.3. The van der Waals surface area contributed by atoms with Gasteiger partial charge >= 0.3 is 0 Å². The minimum Gasteiger partial charge on any atom is -0.297 e. The van der Waals surface area contributed by atoms with Crippen LogP contribution in [0.1, 0.15) is 11.3 Å². The fourth-order valence-corrected chi connectivity index (χ4v) is 7.91. The van der Waals surface area contributed by atoms with Crippen LogP contribution in [0.15, 0.2) is 163 Å². The molecule has 0 bridgehead atoms. The number of fused-ring (bicyclic) bond motifs is 6. The number of aromatic nitrogens is 2. The fraction of sp³-hybridized carbons (Fsp3) is 0.0435. The molecule has 0 unspecified atom stereocenters. The Balaban J connectivity index is 1.10. The van der Waals surface area contributed by atoms with Crippen LogP contribution < -0.4 is 0 Å². The van der Waals surface area contributed by atoms with Crippen molar-refractivity contribution in [2.24, 2.45) is 4.99 Å². The predicted octanol–water partition coefficient (Wildman–Crippen LogP) is 11.5. The first-order valence-electron chi connectivity index (χ1n) is 16.9. The van der Waals surface area contributed by atoms with Crippen molar-refractivity contribution in [2.45, 2.75) is 6.42 Å². The van der Waals surface area contributed by atoms with Gasteiger partial charge < -0.3 is 0 Å². The summed E-state index contributed by atoms with van der Waals surface area (Å²) >= 11 is 0. The third-order valence-electron chi connectivity index (χ3n) is 10.1. The molecule has 3 heterocycles. The molecule has 0 fully saturated rings. The molecule has 0 aliphatic carbocycles. The molecular weight excluding hydrogens is 595 g/mol. The Morgan fingerprint density at radius 2 is 1.06 bits per heavy atom. The number of pyridine rings is 1. The van der Waals surface area contributed by atoms with E-state index in [4.69, 9.17) is 4.98 Å². The Morgan fingerprint density at radius 3 is 1.80 bits per heavy atom. The number of aliphatic imine (C=N–C) groups is 1. The first-order valence-corrected chi connectivity index (χ1v) is 16.9. The summed E-state index contributed by atoms with van der Waals surface area (Å²) in [7, 11) is 0. The summed E-state index contributed by atoms with van der Waals surface area (Å²) in [4.78, 5) is 9.82. The number of nitrogens with zero attached hydrogens (tertiary/aromatic N) is 3. The Labute approximate surface area is 284 Å². The topological polar surface area (TPSA) is 30.2 Å². The summed E-state index contributed by atoms with van der Waals surface area (Å²) < 4.78 is 2.32. The lowest BCUT2D eigenvalue weighted by atomic mass is 9.85. The van der Waals surface area contributed by atoms with Gasteiger partial charge in [-0.2, -0.15) is 0 Å². The van der Waals surface area contributed by atoms with Crippen molar-refractivity contribution in [3.05, 3.63) is 169 Å². The zero-order chi connectivity index (χ0) is 32.3. The van der Waals surface area contributed by atoms with E-state index in [2.05, 4.69) is 167 Å². The van der Waals surface area contributed by atoms with Gasteiger partial charge in [-0.3, -0.25) is 9.56 Å². The normalized spacial score (nSPS) is 12.7. The van der Waals surface area contributed by atoms with E-state index < -0.39 is 0 Å². The molecule has 1 aliphatic rings. The van der Waals surface area contributed by atoms with Crippen molar-refractivity contribution in [1.82, 2.24) is 9.55 Å². The molecule has 3 nitrogen and oxygen atoms in total. The molecule has 0 amide bonds. The van der Waals surface area contributed by atoms with Crippen LogP contribution in [0.2, 0.25) is 0 Å². The van der Waals surface area contributed by atoms with Crippen LogP contribution in [0.5, 0.6) is 0 Å². The number of rotatable bonds is 4. The lowest BCUT2D eigenvalue weighted by Crippen LogP contribution is -2.09. The van der Waals surface area contributed by atoms with Gasteiger partial charge in [-0.1, -0.05) is 133 Å². The molecule has 0 N–H and O–H groups in total. The van der Waals surface area contributed by atoms with E-state index in [9.17, 15) is 0 Å². The summed E-state index contributed by atoms with van der Waals surface area (Å²) in [5, 5.41) is 8.77. The van der Waals surface area contributed by atoms with Crippen LogP contribution in [-0.4, -0.2) is 22.3 Å². The van der Waals surface area contributed by atoms with Crippen LogP contribution >= 0.6 is 0 Å². The average Bonchev–Trinajstić information content (AvgIpc) is 3.51. The van der Waals surface area contributed by atoms with Crippen LogP contribution in [0, 0.1) is 0 Å². The van der Waals surface area contributed by atoms with E-state index >= 15 is 0 Å². The molecule has 0 spiro atoms. The summed E-state index contributed by atoms with van der Waals surface area (Å²) in [6, 6.07) is 57.1. The lowest BCUT2D eigenvalue weighted by molar-refractivity contribution is 0.861. The molecule has 1 aliphatic heterocycles. The summed E-state index contributed by atoms with van der Waals surface area (Å²) in [5.41, 5.74) is 10.7. The predicted molar refractivity (Wildman–Crippen MR) is 206 cm³/mol. The van der Waals surface area contributed by atoms with Crippen molar-refractivity contribution in [2.75, 3.05) is 6.54 Å². The largest absolute Gasteiger partial charge is 0.297 e. The van der Waals surface area contributed by atoms with Gasteiger partial charge in [0.2, 0.25) is 0 Å². The SMILES string of the molecule is C1=NCCc2c1c1ccccc1n2-c1cccc(-c2ccc(-c3c4ccccc4c(-c4ccc5ccccc5c4)c4ccccc34)cc2)n1. The first kappa shape index (κ1) is 27.8. The molecule has 0 saturated carbocycles. The van der Waals surface area contributed by atoms with E-state index in [-0.39, 0.29) is 0 Å². The fourth-order valence-electron chi connectivity index (χ4n) is 7.91. The number of para-hydroxylation sites is 1. The second-order valence-electron chi connectivity index (χ2n) is 12.9. The highest BCUT2D eigenvalue weighted by molar-refractivity contribution is 6.21. The smallest absolute Gasteiger partial charge is 0.138 e. The van der Waals surface area contributed by atoms with Gasteiger partial charge in [0, 0.05) is 41.4 Å². The Kier molecular flexibility index (Phi) is 6.31. The van der Waals surface area contributed by atoms with Gasteiger partial charge in [-0.15, -0.1) is 0 Å². The van der Waals surface area contributed by atoms with Crippen LogP contribution in [-0.2, 0) is 6.42 Å². The minimum absolute atomic E-state index is 0.803. The monoisotopic (exact) mass is 625 g/mol.